The summed E-state index contributed by atoms with van der Waals surface area (Å²) in [6, 6.07) is 0. The Bertz CT molecular complexity index is 299. The molecule has 0 aliphatic carbocycles. The lowest BCUT2D eigenvalue weighted by atomic mass is 10.2. The van der Waals surface area contributed by atoms with Gasteiger partial charge in [-0.2, -0.15) is 11.8 Å². The first kappa shape index (κ1) is 13.3. The zero-order chi connectivity index (χ0) is 11.8. The van der Waals surface area contributed by atoms with Gasteiger partial charge >= 0.3 is 0 Å². The van der Waals surface area contributed by atoms with Crippen LogP contribution in [0.15, 0.2) is 16.3 Å². The quantitative estimate of drug-likeness (QED) is 0.501. The summed E-state index contributed by atoms with van der Waals surface area (Å²) >= 11 is 6.86. The molecule has 0 saturated carbocycles. The normalized spacial score (nSPS) is 14.6. The molecule has 0 aromatic heterocycles. The minimum Gasteiger partial charge on any atom is -0.366 e. The van der Waals surface area contributed by atoms with Gasteiger partial charge in [0.2, 0.25) is 0 Å². The van der Waals surface area contributed by atoms with Crippen molar-refractivity contribution in [2.45, 2.75) is 6.92 Å². The van der Waals surface area contributed by atoms with Crippen LogP contribution < -0.4 is 16.0 Å². The van der Waals surface area contributed by atoms with E-state index in [0.29, 0.717) is 5.11 Å². The van der Waals surface area contributed by atoms with Crippen LogP contribution in [-0.4, -0.2) is 43.1 Å². The van der Waals surface area contributed by atoms with Gasteiger partial charge in [-0.1, -0.05) is 0 Å². The zero-order valence-corrected chi connectivity index (χ0v) is 11.3. The van der Waals surface area contributed by atoms with E-state index < -0.39 is 0 Å². The highest BCUT2D eigenvalue weighted by molar-refractivity contribution is 7.99. The van der Waals surface area contributed by atoms with E-state index in [9.17, 15) is 0 Å². The van der Waals surface area contributed by atoms with Crippen LogP contribution in [0.2, 0.25) is 0 Å². The zero-order valence-electron chi connectivity index (χ0n) is 9.67. The van der Waals surface area contributed by atoms with Gasteiger partial charge in [-0.3, -0.25) is 4.99 Å². The lowest BCUT2D eigenvalue weighted by Gasteiger charge is -2.14. The van der Waals surface area contributed by atoms with Crippen molar-refractivity contribution in [3.05, 3.63) is 11.3 Å². The second-order valence-electron chi connectivity index (χ2n) is 3.43. The number of hydrogen-bond acceptors (Lipinski definition) is 4. The van der Waals surface area contributed by atoms with Crippen molar-refractivity contribution in [1.29, 1.82) is 0 Å². The lowest BCUT2D eigenvalue weighted by Crippen LogP contribution is -2.33. The van der Waals surface area contributed by atoms with E-state index in [1.165, 1.54) is 11.3 Å². The third-order valence-electron chi connectivity index (χ3n) is 2.18. The van der Waals surface area contributed by atoms with Crippen LogP contribution in [-0.2, 0) is 0 Å². The minimum atomic E-state index is 0.707. The SMILES string of the molecule is CNC(=S)NCCSCC1=C(C)CN=CN1. The molecular formula is C10H18N4S2. The van der Waals surface area contributed by atoms with Gasteiger partial charge in [0, 0.05) is 30.8 Å². The molecule has 0 bridgehead atoms. The standard InChI is InChI=1S/C10H18N4S2/c1-8-5-12-7-14-9(8)6-16-4-3-13-10(15)11-2/h7H,3-6H2,1-2H3,(H,12,14)(H2,11,13,15). The summed E-state index contributed by atoms with van der Waals surface area (Å²) in [4.78, 5) is 4.15. The lowest BCUT2D eigenvalue weighted by molar-refractivity contribution is 0.940. The first-order chi connectivity index (χ1) is 7.74. The summed E-state index contributed by atoms with van der Waals surface area (Å²) in [6.07, 6.45) is 1.78. The molecule has 0 unspecified atom stereocenters. The molecule has 0 radical (unpaired) electrons. The second-order valence-corrected chi connectivity index (χ2v) is 4.94. The molecule has 1 aliphatic heterocycles. The molecule has 0 atom stereocenters. The maximum Gasteiger partial charge on any atom is 0.166 e. The molecule has 1 aliphatic rings. The predicted molar refractivity (Wildman–Crippen MR) is 76.2 cm³/mol. The fourth-order valence-corrected chi connectivity index (χ4v) is 2.22. The fraction of sp³-hybridized carbons (Fsp3) is 0.600. The van der Waals surface area contributed by atoms with E-state index >= 15 is 0 Å². The average Bonchev–Trinajstić information content (AvgIpc) is 2.30. The van der Waals surface area contributed by atoms with E-state index in [4.69, 9.17) is 12.2 Å². The third-order valence-corrected chi connectivity index (χ3v) is 3.51. The van der Waals surface area contributed by atoms with Crippen molar-refractivity contribution in [2.24, 2.45) is 4.99 Å². The maximum atomic E-state index is 4.98. The van der Waals surface area contributed by atoms with Crippen LogP contribution in [0.25, 0.3) is 0 Å². The summed E-state index contributed by atoms with van der Waals surface area (Å²) in [5.74, 6) is 2.04. The van der Waals surface area contributed by atoms with Gasteiger partial charge < -0.3 is 16.0 Å². The topological polar surface area (TPSA) is 48.5 Å². The van der Waals surface area contributed by atoms with E-state index in [1.807, 2.05) is 18.8 Å². The number of nitrogens with zero attached hydrogens (tertiary/aromatic N) is 1. The highest BCUT2D eigenvalue weighted by Gasteiger charge is 2.04. The van der Waals surface area contributed by atoms with Crippen molar-refractivity contribution in [1.82, 2.24) is 16.0 Å². The highest BCUT2D eigenvalue weighted by Crippen LogP contribution is 2.11. The van der Waals surface area contributed by atoms with Gasteiger partial charge in [0.15, 0.2) is 5.11 Å². The van der Waals surface area contributed by atoms with E-state index in [1.54, 1.807) is 6.34 Å². The second kappa shape index (κ2) is 7.51. The molecule has 1 rings (SSSR count). The predicted octanol–water partition coefficient (Wildman–Crippen LogP) is 0.719. The number of thiocarbonyl (C=S) groups is 1. The van der Waals surface area contributed by atoms with Gasteiger partial charge in [-0.05, 0) is 24.7 Å². The minimum absolute atomic E-state index is 0.707. The van der Waals surface area contributed by atoms with Gasteiger partial charge in [0.05, 0.1) is 12.9 Å². The molecule has 0 aromatic carbocycles. The van der Waals surface area contributed by atoms with Crippen LogP contribution in [0.3, 0.4) is 0 Å². The monoisotopic (exact) mass is 258 g/mol. The molecule has 16 heavy (non-hydrogen) atoms. The third kappa shape index (κ3) is 4.85. The summed E-state index contributed by atoms with van der Waals surface area (Å²) in [7, 11) is 1.82. The molecule has 3 N–H and O–H groups in total. The molecule has 4 nitrogen and oxygen atoms in total. The van der Waals surface area contributed by atoms with Crippen molar-refractivity contribution >= 4 is 35.4 Å². The van der Waals surface area contributed by atoms with Crippen molar-refractivity contribution in [3.8, 4) is 0 Å². The van der Waals surface area contributed by atoms with Crippen LogP contribution in [0, 0.1) is 0 Å². The molecule has 1 heterocycles. The van der Waals surface area contributed by atoms with Gasteiger partial charge in [-0.15, -0.1) is 0 Å². The van der Waals surface area contributed by atoms with Crippen LogP contribution in [0.1, 0.15) is 6.92 Å². The van der Waals surface area contributed by atoms with Crippen molar-refractivity contribution < 1.29 is 0 Å². The Morgan fingerprint density at radius 2 is 2.50 bits per heavy atom. The smallest absolute Gasteiger partial charge is 0.166 e. The Labute approximate surface area is 106 Å². The van der Waals surface area contributed by atoms with Crippen molar-refractivity contribution in [2.75, 3.05) is 31.6 Å². The summed E-state index contributed by atoms with van der Waals surface area (Å²) < 4.78 is 0. The molecular weight excluding hydrogens is 240 g/mol. The number of nitrogens with one attached hydrogen (secondary N) is 3. The Morgan fingerprint density at radius 3 is 3.19 bits per heavy atom. The molecule has 0 fully saturated rings. The Hall–Kier alpha value is -0.750. The van der Waals surface area contributed by atoms with E-state index in [2.05, 4.69) is 27.9 Å². The number of aliphatic imine (C=N–C) groups is 1. The largest absolute Gasteiger partial charge is 0.366 e. The molecule has 0 spiro atoms. The van der Waals surface area contributed by atoms with E-state index in [0.717, 1.165) is 24.6 Å². The summed E-state index contributed by atoms with van der Waals surface area (Å²) in [6.45, 7) is 3.84. The van der Waals surface area contributed by atoms with Crippen molar-refractivity contribution in [3.63, 3.8) is 0 Å². The molecule has 0 saturated heterocycles. The number of thioether (sulfide) groups is 1. The van der Waals surface area contributed by atoms with Crippen LogP contribution in [0.5, 0.6) is 0 Å². The van der Waals surface area contributed by atoms with Gasteiger partial charge in [0.25, 0.3) is 0 Å². The van der Waals surface area contributed by atoms with Crippen LogP contribution in [0.4, 0.5) is 0 Å². The fourth-order valence-electron chi connectivity index (χ4n) is 1.19. The molecule has 0 amide bonds. The maximum absolute atomic E-state index is 4.98. The summed E-state index contributed by atoms with van der Waals surface area (Å²) in [5, 5.41) is 9.90. The van der Waals surface area contributed by atoms with E-state index in [-0.39, 0.29) is 0 Å². The molecule has 6 heteroatoms. The van der Waals surface area contributed by atoms with Gasteiger partial charge in [0.1, 0.15) is 0 Å². The first-order valence-electron chi connectivity index (χ1n) is 5.21. The summed E-state index contributed by atoms with van der Waals surface area (Å²) in [5.41, 5.74) is 2.62. The Morgan fingerprint density at radius 1 is 1.69 bits per heavy atom. The van der Waals surface area contributed by atoms with Crippen LogP contribution >= 0.6 is 24.0 Å². The highest BCUT2D eigenvalue weighted by atomic mass is 32.2. The average molecular weight is 258 g/mol. The first-order valence-corrected chi connectivity index (χ1v) is 6.77. The Balaban J connectivity index is 2.09. The van der Waals surface area contributed by atoms with Gasteiger partial charge in [-0.25, -0.2) is 0 Å². The number of rotatable bonds is 5. The Kier molecular flexibility index (Phi) is 6.25. The molecule has 90 valence electrons. The number of hydrogen-bond donors (Lipinski definition) is 3. The molecule has 0 aromatic rings.